The number of nitrogens with zero attached hydrogens (tertiary/aromatic N) is 2. The van der Waals surface area contributed by atoms with Gasteiger partial charge in [-0.05, 0) is 51.7 Å². The minimum absolute atomic E-state index is 0.225. The number of aromatic nitrogens is 2. The molecule has 2 rings (SSSR count). The number of rotatable bonds is 9. The van der Waals surface area contributed by atoms with Gasteiger partial charge in [-0.1, -0.05) is 18.5 Å². The largest absolute Gasteiger partial charge is 0.392 e. The Bertz CT molecular complexity index is 678. The molecule has 1 amide bonds. The molecule has 1 unspecified atom stereocenters. The summed E-state index contributed by atoms with van der Waals surface area (Å²) >= 11 is 0. The quantitative estimate of drug-likeness (QED) is 0.729. The van der Waals surface area contributed by atoms with E-state index >= 15 is 0 Å². The molecule has 0 saturated carbocycles. The second-order valence-corrected chi connectivity index (χ2v) is 6.36. The summed E-state index contributed by atoms with van der Waals surface area (Å²) in [4.78, 5) is 16.3. The normalized spacial score (nSPS) is 12.2. The SMILES string of the molecule is CCCCc1noc(C)c1CCc1ccc(C(=O)NCC(C)O)cn1. The average molecular weight is 345 g/mol. The molecule has 0 aliphatic carbocycles. The number of hydrogen-bond acceptors (Lipinski definition) is 5. The van der Waals surface area contributed by atoms with Crippen LogP contribution in [-0.2, 0) is 19.3 Å². The van der Waals surface area contributed by atoms with Crippen molar-refractivity contribution in [3.8, 4) is 0 Å². The van der Waals surface area contributed by atoms with Crippen molar-refractivity contribution in [3.63, 3.8) is 0 Å². The lowest BCUT2D eigenvalue weighted by Crippen LogP contribution is -2.30. The van der Waals surface area contributed by atoms with Crippen molar-refractivity contribution in [2.24, 2.45) is 0 Å². The van der Waals surface area contributed by atoms with Gasteiger partial charge in [0.05, 0.1) is 17.4 Å². The average Bonchev–Trinajstić information content (AvgIpc) is 2.96. The molecular weight excluding hydrogens is 318 g/mol. The predicted molar refractivity (Wildman–Crippen MR) is 95.5 cm³/mol. The number of aryl methyl sites for hydroxylation is 3. The standard InChI is InChI=1S/C19H27N3O3/c1-4-5-6-18-17(14(3)25-22-18)10-9-16-8-7-15(12-20-16)19(24)21-11-13(2)23/h7-8,12-13,23H,4-6,9-11H2,1-3H3,(H,21,24). The fourth-order valence-electron chi connectivity index (χ4n) is 2.60. The van der Waals surface area contributed by atoms with Gasteiger partial charge in [-0.25, -0.2) is 0 Å². The monoisotopic (exact) mass is 345 g/mol. The highest BCUT2D eigenvalue weighted by molar-refractivity contribution is 5.93. The highest BCUT2D eigenvalue weighted by Gasteiger charge is 2.13. The van der Waals surface area contributed by atoms with Crippen molar-refractivity contribution in [1.29, 1.82) is 0 Å². The van der Waals surface area contributed by atoms with Gasteiger partial charge in [-0.15, -0.1) is 0 Å². The van der Waals surface area contributed by atoms with E-state index in [4.69, 9.17) is 4.52 Å². The number of amides is 1. The van der Waals surface area contributed by atoms with Crippen LogP contribution in [0.25, 0.3) is 0 Å². The van der Waals surface area contributed by atoms with Gasteiger partial charge < -0.3 is 14.9 Å². The van der Waals surface area contributed by atoms with E-state index in [9.17, 15) is 9.90 Å². The lowest BCUT2D eigenvalue weighted by atomic mass is 10.0. The van der Waals surface area contributed by atoms with E-state index in [1.165, 1.54) is 5.56 Å². The molecule has 0 bridgehead atoms. The zero-order chi connectivity index (χ0) is 18.2. The Morgan fingerprint density at radius 1 is 1.32 bits per heavy atom. The zero-order valence-electron chi connectivity index (χ0n) is 15.2. The first kappa shape index (κ1) is 19.1. The summed E-state index contributed by atoms with van der Waals surface area (Å²) in [5.74, 6) is 0.650. The number of carbonyl (C=O) groups excluding carboxylic acids is 1. The summed E-state index contributed by atoms with van der Waals surface area (Å²) in [6.45, 7) is 5.97. The van der Waals surface area contributed by atoms with E-state index in [0.29, 0.717) is 5.56 Å². The molecular formula is C19H27N3O3. The van der Waals surface area contributed by atoms with Crippen LogP contribution in [0.3, 0.4) is 0 Å². The van der Waals surface area contributed by atoms with Gasteiger partial charge in [0.25, 0.3) is 5.91 Å². The van der Waals surface area contributed by atoms with Gasteiger partial charge in [0.15, 0.2) is 0 Å². The summed E-state index contributed by atoms with van der Waals surface area (Å²) in [5.41, 5.74) is 3.64. The molecule has 0 aliphatic heterocycles. The van der Waals surface area contributed by atoms with Crippen LogP contribution < -0.4 is 5.32 Å². The molecule has 1 atom stereocenters. The molecule has 136 valence electrons. The molecule has 2 heterocycles. The number of aliphatic hydroxyl groups is 1. The lowest BCUT2D eigenvalue weighted by Gasteiger charge is -2.07. The zero-order valence-corrected chi connectivity index (χ0v) is 15.2. The van der Waals surface area contributed by atoms with Crippen molar-refractivity contribution in [3.05, 3.63) is 46.6 Å². The Morgan fingerprint density at radius 3 is 2.76 bits per heavy atom. The maximum atomic E-state index is 11.9. The van der Waals surface area contributed by atoms with Crippen molar-refractivity contribution in [1.82, 2.24) is 15.5 Å². The maximum Gasteiger partial charge on any atom is 0.252 e. The predicted octanol–water partition coefficient (Wildman–Crippen LogP) is 2.62. The number of aliphatic hydroxyl groups excluding tert-OH is 1. The topological polar surface area (TPSA) is 88.2 Å². The third kappa shape index (κ3) is 5.67. The molecule has 2 aromatic heterocycles. The van der Waals surface area contributed by atoms with E-state index < -0.39 is 6.10 Å². The highest BCUT2D eigenvalue weighted by atomic mass is 16.5. The van der Waals surface area contributed by atoms with Gasteiger partial charge in [0, 0.05) is 24.0 Å². The molecule has 0 fully saturated rings. The number of pyridine rings is 1. The number of nitrogens with one attached hydrogen (secondary N) is 1. The third-order valence-electron chi connectivity index (χ3n) is 4.11. The summed E-state index contributed by atoms with van der Waals surface area (Å²) in [6.07, 6.45) is 5.79. The van der Waals surface area contributed by atoms with Gasteiger partial charge >= 0.3 is 0 Å². The fraction of sp³-hybridized carbons (Fsp3) is 0.526. The lowest BCUT2D eigenvalue weighted by molar-refractivity contribution is 0.0923. The minimum atomic E-state index is -0.565. The summed E-state index contributed by atoms with van der Waals surface area (Å²) in [6, 6.07) is 3.63. The van der Waals surface area contributed by atoms with E-state index in [1.807, 2.05) is 13.0 Å². The summed E-state index contributed by atoms with van der Waals surface area (Å²) in [7, 11) is 0. The molecule has 6 heteroatoms. The van der Waals surface area contributed by atoms with Gasteiger partial charge in [0.1, 0.15) is 5.76 Å². The Labute approximate surface area is 148 Å². The van der Waals surface area contributed by atoms with Crippen LogP contribution in [0.4, 0.5) is 0 Å². The molecule has 0 saturated heterocycles. The second kappa shape index (κ2) is 9.32. The molecule has 2 aromatic rings. The minimum Gasteiger partial charge on any atom is -0.392 e. The third-order valence-corrected chi connectivity index (χ3v) is 4.11. The molecule has 0 aromatic carbocycles. The molecule has 25 heavy (non-hydrogen) atoms. The first-order chi connectivity index (χ1) is 12.0. The van der Waals surface area contributed by atoms with E-state index in [1.54, 1.807) is 19.2 Å². The van der Waals surface area contributed by atoms with Crippen molar-refractivity contribution in [2.75, 3.05) is 6.54 Å². The van der Waals surface area contributed by atoms with Crippen LogP contribution >= 0.6 is 0 Å². The Kier molecular flexibility index (Phi) is 7.13. The summed E-state index contributed by atoms with van der Waals surface area (Å²) < 4.78 is 5.33. The van der Waals surface area contributed by atoms with Crippen molar-refractivity contribution < 1.29 is 14.4 Å². The fourth-order valence-corrected chi connectivity index (χ4v) is 2.60. The Morgan fingerprint density at radius 2 is 2.12 bits per heavy atom. The van der Waals surface area contributed by atoms with Gasteiger partial charge in [0.2, 0.25) is 0 Å². The molecule has 0 spiro atoms. The molecule has 2 N–H and O–H groups in total. The number of unbranched alkanes of at least 4 members (excludes halogenated alkanes) is 1. The van der Waals surface area contributed by atoms with Crippen LogP contribution in [0.1, 0.15) is 59.8 Å². The van der Waals surface area contributed by atoms with Crippen LogP contribution in [-0.4, -0.2) is 33.8 Å². The van der Waals surface area contributed by atoms with Crippen LogP contribution in [0.5, 0.6) is 0 Å². The smallest absolute Gasteiger partial charge is 0.252 e. The van der Waals surface area contributed by atoms with E-state index in [2.05, 4.69) is 22.4 Å². The second-order valence-electron chi connectivity index (χ2n) is 6.36. The number of carbonyl (C=O) groups is 1. The van der Waals surface area contributed by atoms with E-state index in [-0.39, 0.29) is 12.5 Å². The van der Waals surface area contributed by atoms with Crippen LogP contribution in [0.2, 0.25) is 0 Å². The Hall–Kier alpha value is -2.21. The molecule has 0 aliphatic rings. The van der Waals surface area contributed by atoms with Crippen LogP contribution in [0.15, 0.2) is 22.9 Å². The number of hydrogen-bond donors (Lipinski definition) is 2. The Balaban J connectivity index is 1.94. The highest BCUT2D eigenvalue weighted by Crippen LogP contribution is 2.18. The first-order valence-electron chi connectivity index (χ1n) is 8.86. The molecule has 6 nitrogen and oxygen atoms in total. The first-order valence-corrected chi connectivity index (χ1v) is 8.86. The van der Waals surface area contributed by atoms with Crippen LogP contribution in [0, 0.1) is 6.92 Å². The van der Waals surface area contributed by atoms with E-state index in [0.717, 1.165) is 49.3 Å². The summed E-state index contributed by atoms with van der Waals surface area (Å²) in [5, 5.41) is 16.0. The maximum absolute atomic E-state index is 11.9. The van der Waals surface area contributed by atoms with Gasteiger partial charge in [-0.2, -0.15) is 0 Å². The van der Waals surface area contributed by atoms with Crippen molar-refractivity contribution >= 4 is 5.91 Å². The molecule has 0 radical (unpaired) electrons. The van der Waals surface area contributed by atoms with Gasteiger partial charge in [-0.3, -0.25) is 9.78 Å². The van der Waals surface area contributed by atoms with Crippen molar-refractivity contribution in [2.45, 2.75) is 59.0 Å².